The van der Waals surface area contributed by atoms with E-state index in [0.717, 1.165) is 192 Å². The molecule has 0 saturated carbocycles. The molecule has 0 radical (unpaired) electrons. The van der Waals surface area contributed by atoms with E-state index in [0.29, 0.717) is 78.3 Å². The summed E-state index contributed by atoms with van der Waals surface area (Å²) < 4.78 is 82.5. The number of rotatable bonds is 28. The molecule has 8 aromatic carbocycles. The molecule has 24 heteroatoms. The lowest BCUT2D eigenvalue weighted by atomic mass is 9.76. The van der Waals surface area contributed by atoms with E-state index in [1.165, 1.54) is 81.1 Å². The van der Waals surface area contributed by atoms with Gasteiger partial charge in [-0.2, -0.15) is 0 Å². The Bertz CT molecular complexity index is 4850. The van der Waals surface area contributed by atoms with Gasteiger partial charge in [-0.25, -0.2) is 17.6 Å². The van der Waals surface area contributed by atoms with Crippen molar-refractivity contribution in [3.05, 3.63) is 237 Å². The van der Waals surface area contributed by atoms with Crippen molar-refractivity contribution in [3.63, 3.8) is 0 Å². The molecule has 4 atom stereocenters. The second-order valence-corrected chi connectivity index (χ2v) is 38.9. The highest BCUT2D eigenvalue weighted by Crippen LogP contribution is 2.48. The molecule has 4 fully saturated rings. The summed E-state index contributed by atoms with van der Waals surface area (Å²) >= 11 is 0. The number of hydrogen-bond acceptors (Lipinski definition) is 16. The number of likely N-dealkylation sites (tertiary alicyclic amines) is 4. The average molecular weight is 1790 g/mol. The maximum atomic E-state index is 14.8. The summed E-state index contributed by atoms with van der Waals surface area (Å²) in [6.45, 7) is 40.3. The maximum absolute atomic E-state index is 14.8. The molecule has 8 heterocycles. The van der Waals surface area contributed by atoms with Crippen molar-refractivity contribution in [2.24, 2.45) is 23.7 Å². The first kappa shape index (κ1) is 97.1. The number of halogens is 4. The van der Waals surface area contributed by atoms with Crippen LogP contribution >= 0.6 is 0 Å². The van der Waals surface area contributed by atoms with Gasteiger partial charge >= 0.3 is 0 Å². The van der Waals surface area contributed by atoms with Gasteiger partial charge in [0.1, 0.15) is 72.4 Å². The first-order valence-electron chi connectivity index (χ1n) is 46.9. The summed E-state index contributed by atoms with van der Waals surface area (Å²) in [5.41, 5.74) is 1.54. The van der Waals surface area contributed by atoms with Crippen molar-refractivity contribution in [1.82, 2.24) is 39.2 Å². The second kappa shape index (κ2) is 41.2. The Morgan fingerprint density at radius 2 is 0.585 bits per heavy atom. The Labute approximate surface area is 766 Å². The molecule has 4 saturated heterocycles. The van der Waals surface area contributed by atoms with E-state index in [1.54, 1.807) is 68.1 Å². The third kappa shape index (κ3) is 22.7. The number of hydrogen-bond donors (Lipinski definition) is 4. The summed E-state index contributed by atoms with van der Waals surface area (Å²) in [5.74, 6) is 5.08. The molecule has 4 N–H and O–H groups in total. The van der Waals surface area contributed by atoms with E-state index >= 15 is 0 Å². The third-order valence-corrected chi connectivity index (χ3v) is 27.6. The minimum atomic E-state index is -1.98. The van der Waals surface area contributed by atoms with Crippen molar-refractivity contribution in [2.45, 2.75) is 194 Å². The largest absolute Gasteiger partial charge is 0.508 e. The number of aromatic hydroxyl groups is 4. The number of nitrogens with zero attached hydrogens (tertiary/aromatic N) is 8. The molecule has 700 valence electrons. The van der Waals surface area contributed by atoms with Gasteiger partial charge in [0.2, 0.25) is 0 Å². The Morgan fingerprint density at radius 3 is 0.846 bits per heavy atom. The number of carbonyl (C=O) groups excluding carboxylic acids is 4. The van der Waals surface area contributed by atoms with Crippen LogP contribution in [0.2, 0.25) is 0 Å². The molecular formula is C106H136F4N8O12. The molecule has 130 heavy (non-hydrogen) atoms. The van der Waals surface area contributed by atoms with Gasteiger partial charge in [0.15, 0.2) is 22.7 Å². The van der Waals surface area contributed by atoms with Crippen LogP contribution in [-0.2, 0) is 55.9 Å². The number of fused-ring (bicyclic) bond motifs is 4. The molecule has 8 aliphatic rings. The molecular weight excluding hydrogens is 1650 g/mol. The molecule has 0 bridgehead atoms. The van der Waals surface area contributed by atoms with E-state index in [9.17, 15) is 57.2 Å². The number of carbonyl (C=O) groups is 4. The lowest BCUT2D eigenvalue weighted by molar-refractivity contribution is -0.148. The zero-order chi connectivity index (χ0) is 93.4. The van der Waals surface area contributed by atoms with E-state index in [2.05, 4.69) is 47.3 Å². The first-order valence-corrected chi connectivity index (χ1v) is 46.9. The number of benzene rings is 8. The minimum absolute atomic E-state index is 0.193. The van der Waals surface area contributed by atoms with Gasteiger partial charge in [0.05, 0.1) is 23.2 Å². The van der Waals surface area contributed by atoms with Crippen LogP contribution in [0.1, 0.15) is 201 Å². The number of ether oxygens (including phenoxy) is 4. The minimum Gasteiger partial charge on any atom is -0.508 e. The van der Waals surface area contributed by atoms with Gasteiger partial charge in [-0.15, -0.1) is 0 Å². The zero-order valence-corrected chi connectivity index (χ0v) is 78.6. The SMILES string of the molecule is CCC1CN(CCOc2ccc([C@@H]3c4ccc(O)cc4CCN3C(=O)C(C)(C)F)cc2)C1.CCC1CN(CCOc2ccc([C@@]3(C)c4ccc(O)cc4CCN3C(=O)C(C)(C)F)cc2)C1.CCC1CN(CCOc2ccc([C@H]3c4ccc(O)cc4CCN3C(=O)C(C)(C)F)cc2)C1.CCC1CN(CCOc2ccc([C@]3(C)c4ccc(O)cc4CCN3C(=O)C(C)(C)F)cc2)C1. The Hall–Kier alpha value is -10.4. The van der Waals surface area contributed by atoms with Gasteiger partial charge in [0, 0.05) is 105 Å². The molecule has 20 nitrogen and oxygen atoms in total. The summed E-state index contributed by atoms with van der Waals surface area (Å²) in [6, 6.07) is 51.0. The van der Waals surface area contributed by atoms with Crippen molar-refractivity contribution in [2.75, 3.05) is 131 Å². The molecule has 0 aromatic heterocycles. The van der Waals surface area contributed by atoms with Gasteiger partial charge in [-0.1, -0.05) is 126 Å². The van der Waals surface area contributed by atoms with Crippen molar-refractivity contribution in [3.8, 4) is 46.0 Å². The number of alkyl halides is 4. The third-order valence-electron chi connectivity index (χ3n) is 27.6. The van der Waals surface area contributed by atoms with Crippen LogP contribution in [0.4, 0.5) is 17.6 Å². The Kier molecular flexibility index (Phi) is 30.8. The van der Waals surface area contributed by atoms with E-state index < -0.39 is 69.5 Å². The fourth-order valence-corrected chi connectivity index (χ4v) is 19.6. The monoisotopic (exact) mass is 1790 g/mol. The fraction of sp³-hybridized carbons (Fsp3) is 0.509. The van der Waals surface area contributed by atoms with Crippen molar-refractivity contribution < 1.29 is 76.1 Å². The standard InChI is InChI=1S/2C27H35FN2O3.2C26H33FN2O3/c2*1-5-19-17-29(18-19)14-15-33-23-9-6-21(7-10-23)27(4)24-11-8-22(31)16-20(24)12-13-30(27)25(32)26(2,3)28;2*1-4-18-16-28(17-18)13-14-32-22-8-5-19(6-9-22)24-23-10-7-21(30)15-20(23)11-12-29(24)25(31)26(2,3)27/h2*6-11,16,19,31H,5,12-15,17-18H2,1-4H3;2*5-10,15,18,24,30H,4,11-14,16-17H2,1-3H3/t2*27-;2*24-/m1010/s1. The van der Waals surface area contributed by atoms with Gasteiger partial charge < -0.3 is 59.0 Å². The van der Waals surface area contributed by atoms with E-state index in [-0.39, 0.29) is 23.0 Å². The molecule has 0 unspecified atom stereocenters. The maximum Gasteiger partial charge on any atom is 0.260 e. The van der Waals surface area contributed by atoms with Gasteiger partial charge in [-0.05, 0) is 282 Å². The van der Waals surface area contributed by atoms with Crippen LogP contribution in [0.25, 0.3) is 0 Å². The van der Waals surface area contributed by atoms with Crippen LogP contribution in [-0.4, -0.2) is 237 Å². The predicted octanol–water partition coefficient (Wildman–Crippen LogP) is 17.7. The lowest BCUT2D eigenvalue weighted by Gasteiger charge is -2.48. The van der Waals surface area contributed by atoms with Crippen molar-refractivity contribution >= 4 is 23.6 Å². The quantitative estimate of drug-likeness (QED) is 0.0336. The number of amides is 4. The van der Waals surface area contributed by atoms with Crippen molar-refractivity contribution in [1.29, 1.82) is 0 Å². The Balaban J connectivity index is 0.000000148. The zero-order valence-electron chi connectivity index (χ0n) is 78.6. The molecule has 8 aliphatic heterocycles. The lowest BCUT2D eigenvalue weighted by Crippen LogP contribution is -2.56. The Morgan fingerprint density at radius 1 is 0.338 bits per heavy atom. The summed E-state index contributed by atoms with van der Waals surface area (Å²) in [4.78, 5) is 68.1. The topological polar surface area (TPSA) is 212 Å². The average Bonchev–Trinajstić information content (AvgIpc) is 0.733. The first-order chi connectivity index (χ1) is 61.8. The highest BCUT2D eigenvalue weighted by molar-refractivity contribution is 5.88. The molecule has 8 aromatic rings. The molecule has 0 spiro atoms. The van der Waals surface area contributed by atoms with Crippen LogP contribution in [0.3, 0.4) is 0 Å². The predicted molar refractivity (Wildman–Crippen MR) is 500 cm³/mol. The number of phenolic OH excluding ortho intramolecular Hbond substituents is 4. The number of phenols is 4. The highest BCUT2D eigenvalue weighted by atomic mass is 19.2. The summed E-state index contributed by atoms with van der Waals surface area (Å²) in [7, 11) is 0. The normalized spacial score (nSPS) is 20.4. The van der Waals surface area contributed by atoms with Gasteiger partial charge in [-0.3, -0.25) is 38.8 Å². The van der Waals surface area contributed by atoms with E-state index in [4.69, 9.17) is 18.9 Å². The molecule has 4 amide bonds. The second-order valence-electron chi connectivity index (χ2n) is 38.9. The highest BCUT2D eigenvalue weighted by Gasteiger charge is 2.50. The molecule has 0 aliphatic carbocycles. The van der Waals surface area contributed by atoms with Gasteiger partial charge in [0.25, 0.3) is 23.6 Å². The summed E-state index contributed by atoms with van der Waals surface area (Å²) in [5, 5.41) is 39.8. The van der Waals surface area contributed by atoms with Crippen LogP contribution < -0.4 is 18.9 Å². The molecule has 16 rings (SSSR count). The van der Waals surface area contributed by atoms with Crippen LogP contribution in [0.5, 0.6) is 46.0 Å². The van der Waals surface area contributed by atoms with Crippen LogP contribution in [0.15, 0.2) is 170 Å². The smallest absolute Gasteiger partial charge is 0.260 e. The van der Waals surface area contributed by atoms with E-state index in [1.807, 2.05) is 135 Å². The summed E-state index contributed by atoms with van der Waals surface area (Å²) in [6.07, 6.45) is 7.25. The van der Waals surface area contributed by atoms with Crippen LogP contribution in [0, 0.1) is 23.7 Å². The fourth-order valence-electron chi connectivity index (χ4n) is 19.6.